The van der Waals surface area contributed by atoms with Crippen LogP contribution in [0.25, 0.3) is 0 Å². The molecule has 1 aliphatic carbocycles. The number of rotatable bonds is 6. The number of amides is 4. The van der Waals surface area contributed by atoms with Gasteiger partial charge in [0.25, 0.3) is 5.91 Å². The summed E-state index contributed by atoms with van der Waals surface area (Å²) in [5.41, 5.74) is 0.650. The predicted octanol–water partition coefficient (Wildman–Crippen LogP) is 2.68. The minimum atomic E-state index is -1.14. The van der Waals surface area contributed by atoms with E-state index in [0.29, 0.717) is 24.2 Å². The minimum absolute atomic E-state index is 0.248. The molecule has 2 unspecified atom stereocenters. The summed E-state index contributed by atoms with van der Waals surface area (Å²) < 4.78 is 0. The molecule has 4 amide bonds. The molecule has 4 rings (SSSR count). The Labute approximate surface area is 184 Å². The van der Waals surface area contributed by atoms with Gasteiger partial charge < -0.3 is 10.6 Å². The van der Waals surface area contributed by atoms with Crippen LogP contribution >= 0.6 is 0 Å². The van der Waals surface area contributed by atoms with E-state index in [1.54, 1.807) is 6.92 Å². The van der Waals surface area contributed by atoms with E-state index in [1.807, 2.05) is 31.2 Å². The zero-order chi connectivity index (χ0) is 22.0. The molecule has 31 heavy (non-hydrogen) atoms. The quantitative estimate of drug-likeness (QED) is 0.686. The first-order chi connectivity index (χ1) is 14.9. The van der Waals surface area contributed by atoms with Crippen LogP contribution in [0.2, 0.25) is 0 Å². The number of likely N-dealkylation sites (tertiary alicyclic amines) is 1. The number of carbonyl (C=O) groups excluding carboxylic acids is 3. The van der Waals surface area contributed by atoms with Gasteiger partial charge in [-0.1, -0.05) is 49.1 Å². The Hall–Kier alpha value is -2.41. The molecule has 0 bridgehead atoms. The van der Waals surface area contributed by atoms with Crippen molar-refractivity contribution in [2.45, 2.75) is 76.4 Å². The highest BCUT2D eigenvalue weighted by atomic mass is 16.2. The molecule has 7 heteroatoms. The van der Waals surface area contributed by atoms with Gasteiger partial charge in [-0.25, -0.2) is 4.79 Å². The Morgan fingerprint density at radius 2 is 1.81 bits per heavy atom. The first-order valence-corrected chi connectivity index (χ1v) is 11.6. The highest BCUT2D eigenvalue weighted by Crippen LogP contribution is 2.30. The fourth-order valence-corrected chi connectivity index (χ4v) is 5.32. The number of aryl methyl sites for hydroxylation is 1. The maximum absolute atomic E-state index is 13.0. The van der Waals surface area contributed by atoms with Crippen LogP contribution in [-0.2, 0) is 15.1 Å². The van der Waals surface area contributed by atoms with Gasteiger partial charge >= 0.3 is 6.03 Å². The third kappa shape index (κ3) is 4.47. The van der Waals surface area contributed by atoms with Crippen molar-refractivity contribution < 1.29 is 14.4 Å². The lowest BCUT2D eigenvalue weighted by molar-refractivity contribution is -0.134. The van der Waals surface area contributed by atoms with E-state index < -0.39 is 11.6 Å². The zero-order valence-electron chi connectivity index (χ0n) is 18.7. The van der Waals surface area contributed by atoms with Crippen molar-refractivity contribution >= 4 is 17.8 Å². The Morgan fingerprint density at radius 3 is 2.52 bits per heavy atom. The number of hydrogen-bond acceptors (Lipinski definition) is 4. The standard InChI is InChI=1S/C24H34N4O3/c1-17-10-12-18(13-11-17)24(2)22(30)28(23(31)26-24)16-21(29)25-15-20-9-6-14-27(20)19-7-4-3-5-8-19/h10-13,19-20H,3-9,14-16H2,1-2H3,(H,25,29)(H,26,31). The topological polar surface area (TPSA) is 81.8 Å². The fourth-order valence-electron chi connectivity index (χ4n) is 5.32. The molecular formula is C24H34N4O3. The Bertz CT molecular complexity index is 834. The molecular weight excluding hydrogens is 392 g/mol. The molecule has 168 valence electrons. The van der Waals surface area contributed by atoms with Crippen LogP contribution in [0, 0.1) is 6.92 Å². The van der Waals surface area contributed by atoms with E-state index in [1.165, 1.54) is 38.5 Å². The van der Waals surface area contributed by atoms with Gasteiger partial charge in [-0.05, 0) is 51.6 Å². The van der Waals surface area contributed by atoms with Crippen LogP contribution in [0.15, 0.2) is 24.3 Å². The van der Waals surface area contributed by atoms with Gasteiger partial charge in [-0.3, -0.25) is 19.4 Å². The summed E-state index contributed by atoms with van der Waals surface area (Å²) in [6.45, 7) is 5.09. The second kappa shape index (κ2) is 8.99. The van der Waals surface area contributed by atoms with Crippen molar-refractivity contribution in [3.63, 3.8) is 0 Å². The summed E-state index contributed by atoms with van der Waals surface area (Å²) >= 11 is 0. The van der Waals surface area contributed by atoms with Crippen LogP contribution in [0.3, 0.4) is 0 Å². The molecule has 1 saturated carbocycles. The Kier molecular flexibility index (Phi) is 6.32. The predicted molar refractivity (Wildman–Crippen MR) is 118 cm³/mol. The van der Waals surface area contributed by atoms with Crippen molar-refractivity contribution in [1.29, 1.82) is 0 Å². The number of urea groups is 1. The summed E-state index contributed by atoms with van der Waals surface area (Å²) in [5.74, 6) is -0.673. The number of imide groups is 1. The maximum Gasteiger partial charge on any atom is 0.325 e. The lowest BCUT2D eigenvalue weighted by Crippen LogP contribution is -2.48. The summed E-state index contributed by atoms with van der Waals surface area (Å²) in [7, 11) is 0. The highest BCUT2D eigenvalue weighted by Gasteiger charge is 2.49. The molecule has 2 aliphatic heterocycles. The number of nitrogens with zero attached hydrogens (tertiary/aromatic N) is 2. The normalized spacial score (nSPS) is 27.5. The average Bonchev–Trinajstić information content (AvgIpc) is 3.32. The van der Waals surface area contributed by atoms with Crippen molar-refractivity contribution in [3.05, 3.63) is 35.4 Å². The zero-order valence-corrected chi connectivity index (χ0v) is 18.7. The number of carbonyl (C=O) groups is 3. The molecule has 3 aliphatic rings. The second-order valence-corrected chi connectivity index (χ2v) is 9.44. The molecule has 7 nitrogen and oxygen atoms in total. The van der Waals surface area contributed by atoms with Gasteiger partial charge in [0.1, 0.15) is 12.1 Å². The van der Waals surface area contributed by atoms with Crippen LogP contribution in [-0.4, -0.2) is 59.4 Å². The summed E-state index contributed by atoms with van der Waals surface area (Å²) in [4.78, 5) is 41.8. The summed E-state index contributed by atoms with van der Waals surface area (Å²) in [6, 6.07) is 7.98. The Balaban J connectivity index is 1.33. The van der Waals surface area contributed by atoms with E-state index in [2.05, 4.69) is 15.5 Å². The van der Waals surface area contributed by atoms with E-state index in [4.69, 9.17) is 0 Å². The minimum Gasteiger partial charge on any atom is -0.353 e. The van der Waals surface area contributed by atoms with Gasteiger partial charge in [0, 0.05) is 18.6 Å². The lowest BCUT2D eigenvalue weighted by Gasteiger charge is -2.35. The molecule has 2 N–H and O–H groups in total. The largest absolute Gasteiger partial charge is 0.353 e. The monoisotopic (exact) mass is 426 g/mol. The number of benzene rings is 1. The van der Waals surface area contributed by atoms with Gasteiger partial charge in [0.05, 0.1) is 0 Å². The second-order valence-electron chi connectivity index (χ2n) is 9.44. The van der Waals surface area contributed by atoms with Gasteiger partial charge in [0.15, 0.2) is 0 Å². The maximum atomic E-state index is 13.0. The third-order valence-corrected chi connectivity index (χ3v) is 7.21. The van der Waals surface area contributed by atoms with Crippen LogP contribution in [0.5, 0.6) is 0 Å². The van der Waals surface area contributed by atoms with E-state index in [0.717, 1.165) is 23.4 Å². The van der Waals surface area contributed by atoms with Crippen LogP contribution in [0.4, 0.5) is 4.79 Å². The summed E-state index contributed by atoms with van der Waals surface area (Å²) in [5, 5.41) is 5.75. The molecule has 1 aromatic carbocycles. The third-order valence-electron chi connectivity index (χ3n) is 7.21. The van der Waals surface area contributed by atoms with E-state index in [-0.39, 0.29) is 18.4 Å². The molecule has 2 atom stereocenters. The Morgan fingerprint density at radius 1 is 1.10 bits per heavy atom. The average molecular weight is 427 g/mol. The first kappa shape index (κ1) is 21.8. The molecule has 2 saturated heterocycles. The molecule has 1 aromatic rings. The fraction of sp³-hybridized carbons (Fsp3) is 0.625. The van der Waals surface area contributed by atoms with Crippen molar-refractivity contribution in [2.24, 2.45) is 0 Å². The van der Waals surface area contributed by atoms with Crippen LogP contribution in [0.1, 0.15) is 63.0 Å². The summed E-state index contributed by atoms with van der Waals surface area (Å²) in [6.07, 6.45) is 8.69. The number of hydrogen-bond donors (Lipinski definition) is 2. The SMILES string of the molecule is Cc1ccc(C2(C)NC(=O)N(CC(=O)NCC3CCCN3C3CCCCC3)C2=O)cc1. The van der Waals surface area contributed by atoms with Crippen LogP contribution < -0.4 is 10.6 Å². The van der Waals surface area contributed by atoms with Crippen molar-refractivity contribution in [2.75, 3.05) is 19.6 Å². The highest BCUT2D eigenvalue weighted by molar-refractivity contribution is 6.09. The molecule has 0 spiro atoms. The van der Waals surface area contributed by atoms with E-state index >= 15 is 0 Å². The molecule has 2 heterocycles. The van der Waals surface area contributed by atoms with Gasteiger partial charge in [0.2, 0.25) is 5.91 Å². The number of nitrogens with one attached hydrogen (secondary N) is 2. The van der Waals surface area contributed by atoms with Crippen molar-refractivity contribution in [3.8, 4) is 0 Å². The first-order valence-electron chi connectivity index (χ1n) is 11.6. The molecule has 0 aromatic heterocycles. The van der Waals surface area contributed by atoms with E-state index in [9.17, 15) is 14.4 Å². The van der Waals surface area contributed by atoms with Gasteiger partial charge in [-0.2, -0.15) is 0 Å². The molecule has 0 radical (unpaired) electrons. The van der Waals surface area contributed by atoms with Crippen molar-refractivity contribution in [1.82, 2.24) is 20.4 Å². The van der Waals surface area contributed by atoms with Gasteiger partial charge in [-0.15, -0.1) is 0 Å². The smallest absolute Gasteiger partial charge is 0.325 e. The lowest BCUT2D eigenvalue weighted by atomic mass is 9.91. The molecule has 3 fully saturated rings.